The van der Waals surface area contributed by atoms with E-state index < -0.39 is 10.8 Å². The van der Waals surface area contributed by atoms with Crippen molar-refractivity contribution in [3.63, 3.8) is 0 Å². The van der Waals surface area contributed by atoms with Crippen LogP contribution >= 0.6 is 0 Å². The third-order valence-corrected chi connectivity index (χ3v) is 4.59. The fourth-order valence-corrected chi connectivity index (χ4v) is 3.43. The molecule has 2 rings (SSSR count). The van der Waals surface area contributed by atoms with Crippen molar-refractivity contribution < 1.29 is 9.00 Å². The maximum Gasteiger partial charge on any atom is 0.244 e. The highest BCUT2D eigenvalue weighted by Crippen LogP contribution is 2.09. The van der Waals surface area contributed by atoms with Gasteiger partial charge in [-0.1, -0.05) is 29.8 Å². The molecular formula is C15H19NO2S. The van der Waals surface area contributed by atoms with Crippen LogP contribution in [-0.4, -0.2) is 27.7 Å². The normalized spacial score (nSPS) is 23.4. The predicted octanol–water partition coefficient (Wildman–Crippen LogP) is 2.04. The van der Waals surface area contributed by atoms with Gasteiger partial charge in [-0.2, -0.15) is 0 Å². The molecule has 102 valence electrons. The van der Waals surface area contributed by atoms with Gasteiger partial charge in [0.1, 0.15) is 0 Å². The Balaban J connectivity index is 1.85. The molecule has 19 heavy (non-hydrogen) atoms. The number of rotatable bonds is 3. The number of carbonyl (C=O) groups excluding carboxylic acids is 1. The third-order valence-electron chi connectivity index (χ3n) is 3.20. The molecule has 0 bridgehead atoms. The van der Waals surface area contributed by atoms with Gasteiger partial charge in [0, 0.05) is 34.4 Å². The summed E-state index contributed by atoms with van der Waals surface area (Å²) in [4.78, 5) is 11.8. The Hall–Kier alpha value is -1.42. The van der Waals surface area contributed by atoms with Crippen LogP contribution in [-0.2, 0) is 15.6 Å². The summed E-state index contributed by atoms with van der Waals surface area (Å²) in [7, 11) is -0.681. The molecule has 0 atom stereocenters. The van der Waals surface area contributed by atoms with E-state index in [2.05, 4.69) is 5.32 Å². The van der Waals surface area contributed by atoms with Crippen molar-refractivity contribution in [2.45, 2.75) is 25.8 Å². The first kappa shape index (κ1) is 14.0. The van der Waals surface area contributed by atoms with E-state index in [0.29, 0.717) is 11.5 Å². The number of amides is 1. The second-order valence-corrected chi connectivity index (χ2v) is 6.57. The lowest BCUT2D eigenvalue weighted by molar-refractivity contribution is -0.117. The highest BCUT2D eigenvalue weighted by atomic mass is 32.2. The molecule has 0 unspecified atom stereocenters. The van der Waals surface area contributed by atoms with Crippen molar-refractivity contribution >= 4 is 22.8 Å². The first-order chi connectivity index (χ1) is 9.13. The quantitative estimate of drug-likeness (QED) is 0.859. The molecule has 4 heteroatoms. The van der Waals surface area contributed by atoms with Gasteiger partial charge in [0.25, 0.3) is 0 Å². The van der Waals surface area contributed by atoms with E-state index in [0.717, 1.165) is 18.4 Å². The molecule has 1 saturated heterocycles. The van der Waals surface area contributed by atoms with Crippen molar-refractivity contribution in [3.05, 3.63) is 41.5 Å². The van der Waals surface area contributed by atoms with Crippen molar-refractivity contribution in [1.29, 1.82) is 0 Å². The molecule has 0 spiro atoms. The zero-order valence-electron chi connectivity index (χ0n) is 11.1. The number of aryl methyl sites for hydroxylation is 1. The summed E-state index contributed by atoms with van der Waals surface area (Å²) < 4.78 is 11.2. The Kier molecular flexibility index (Phi) is 4.91. The first-order valence-corrected chi connectivity index (χ1v) is 8.02. The van der Waals surface area contributed by atoms with Crippen LogP contribution in [0.1, 0.15) is 24.0 Å². The van der Waals surface area contributed by atoms with Crippen molar-refractivity contribution in [2.75, 3.05) is 11.5 Å². The summed E-state index contributed by atoms with van der Waals surface area (Å²) in [5, 5.41) is 2.96. The van der Waals surface area contributed by atoms with Crippen LogP contribution < -0.4 is 5.32 Å². The maximum absolute atomic E-state index is 11.8. The minimum absolute atomic E-state index is 0.0702. The van der Waals surface area contributed by atoms with Crippen LogP contribution in [0, 0.1) is 6.92 Å². The van der Waals surface area contributed by atoms with Crippen LogP contribution in [0.3, 0.4) is 0 Å². The molecule has 1 aliphatic rings. The summed E-state index contributed by atoms with van der Waals surface area (Å²) >= 11 is 0. The first-order valence-electron chi connectivity index (χ1n) is 6.54. The molecule has 1 N–H and O–H groups in total. The molecular weight excluding hydrogens is 258 g/mol. The summed E-state index contributed by atoms with van der Waals surface area (Å²) in [6, 6.07) is 8.18. The van der Waals surface area contributed by atoms with E-state index >= 15 is 0 Å². The number of hydrogen-bond acceptors (Lipinski definition) is 2. The number of nitrogens with one attached hydrogen (secondary N) is 1. The minimum atomic E-state index is -0.681. The van der Waals surface area contributed by atoms with Crippen molar-refractivity contribution in [2.24, 2.45) is 0 Å². The summed E-state index contributed by atoms with van der Waals surface area (Å²) in [5.74, 6) is 1.33. The Morgan fingerprint density at radius 1 is 1.37 bits per heavy atom. The van der Waals surface area contributed by atoms with E-state index in [9.17, 15) is 9.00 Å². The fraction of sp³-hybridized carbons (Fsp3) is 0.400. The zero-order chi connectivity index (χ0) is 13.7. The number of carbonyl (C=O) groups is 1. The van der Waals surface area contributed by atoms with Crippen molar-refractivity contribution in [3.8, 4) is 0 Å². The Bertz CT molecular complexity index is 501. The molecule has 1 heterocycles. The van der Waals surface area contributed by atoms with E-state index in [1.807, 2.05) is 37.3 Å². The van der Waals surface area contributed by atoms with Crippen LogP contribution in [0.25, 0.3) is 6.08 Å². The minimum Gasteiger partial charge on any atom is -0.350 e. The SMILES string of the molecule is Cc1cccc(/C=C/C(=O)NC2CCS(=O)CC2)c1. The van der Waals surface area contributed by atoms with Gasteiger partial charge in [-0.15, -0.1) is 0 Å². The average Bonchev–Trinajstić information content (AvgIpc) is 2.39. The maximum atomic E-state index is 11.8. The number of benzene rings is 1. The largest absolute Gasteiger partial charge is 0.350 e. The molecule has 1 aromatic rings. The fourth-order valence-electron chi connectivity index (χ4n) is 2.13. The predicted molar refractivity (Wildman–Crippen MR) is 79.3 cm³/mol. The zero-order valence-corrected chi connectivity index (χ0v) is 11.9. The van der Waals surface area contributed by atoms with E-state index in [4.69, 9.17) is 0 Å². The molecule has 3 nitrogen and oxygen atoms in total. The van der Waals surface area contributed by atoms with Gasteiger partial charge in [0.2, 0.25) is 5.91 Å². The molecule has 1 aromatic carbocycles. The lowest BCUT2D eigenvalue weighted by atomic mass is 10.1. The van der Waals surface area contributed by atoms with Crippen LogP contribution in [0.2, 0.25) is 0 Å². The van der Waals surface area contributed by atoms with Crippen LogP contribution in [0.15, 0.2) is 30.3 Å². The Morgan fingerprint density at radius 3 is 2.79 bits per heavy atom. The molecule has 1 aliphatic heterocycles. The number of hydrogen-bond donors (Lipinski definition) is 1. The summed E-state index contributed by atoms with van der Waals surface area (Å²) in [6.07, 6.45) is 5.02. The van der Waals surface area contributed by atoms with Gasteiger partial charge in [-0.05, 0) is 31.4 Å². The van der Waals surface area contributed by atoms with E-state index in [1.165, 1.54) is 5.56 Å². The Morgan fingerprint density at radius 2 is 2.11 bits per heavy atom. The standard InChI is InChI=1S/C15H19NO2S/c1-12-3-2-4-13(11-12)5-6-15(17)16-14-7-9-19(18)10-8-14/h2-6,11,14H,7-10H2,1H3,(H,16,17)/b6-5+. The van der Waals surface area contributed by atoms with Gasteiger partial charge in [0.05, 0.1) is 0 Å². The van der Waals surface area contributed by atoms with E-state index in [1.54, 1.807) is 6.08 Å². The molecule has 0 radical (unpaired) electrons. The van der Waals surface area contributed by atoms with Gasteiger partial charge in [-0.3, -0.25) is 9.00 Å². The second kappa shape index (κ2) is 6.66. The molecule has 1 amide bonds. The molecule has 0 aromatic heterocycles. The average molecular weight is 277 g/mol. The lowest BCUT2D eigenvalue weighted by Crippen LogP contribution is -2.38. The monoisotopic (exact) mass is 277 g/mol. The summed E-state index contributed by atoms with van der Waals surface area (Å²) in [5.41, 5.74) is 2.21. The highest BCUT2D eigenvalue weighted by Gasteiger charge is 2.18. The van der Waals surface area contributed by atoms with Crippen LogP contribution in [0.5, 0.6) is 0 Å². The third kappa shape index (κ3) is 4.63. The topological polar surface area (TPSA) is 46.2 Å². The van der Waals surface area contributed by atoms with Gasteiger partial charge >= 0.3 is 0 Å². The summed E-state index contributed by atoms with van der Waals surface area (Å²) in [6.45, 7) is 2.03. The molecule has 0 aliphatic carbocycles. The molecule has 0 saturated carbocycles. The van der Waals surface area contributed by atoms with Gasteiger partial charge in [0.15, 0.2) is 0 Å². The van der Waals surface area contributed by atoms with Crippen molar-refractivity contribution in [1.82, 2.24) is 5.32 Å². The molecule has 1 fully saturated rings. The van der Waals surface area contributed by atoms with Gasteiger partial charge < -0.3 is 5.32 Å². The highest BCUT2D eigenvalue weighted by molar-refractivity contribution is 7.85. The van der Waals surface area contributed by atoms with E-state index in [-0.39, 0.29) is 11.9 Å². The van der Waals surface area contributed by atoms with Gasteiger partial charge in [-0.25, -0.2) is 0 Å². The lowest BCUT2D eigenvalue weighted by Gasteiger charge is -2.21. The second-order valence-electron chi connectivity index (χ2n) is 4.88. The smallest absolute Gasteiger partial charge is 0.244 e. The van der Waals surface area contributed by atoms with Crippen LogP contribution in [0.4, 0.5) is 0 Å². The Labute approximate surface area is 116 Å².